The van der Waals surface area contributed by atoms with Crippen molar-refractivity contribution in [1.82, 2.24) is 4.90 Å². The highest BCUT2D eigenvalue weighted by Gasteiger charge is 2.43. The van der Waals surface area contributed by atoms with Crippen LogP contribution in [0.5, 0.6) is 0 Å². The van der Waals surface area contributed by atoms with Gasteiger partial charge in [-0.3, -0.25) is 4.90 Å². The molecule has 1 saturated heterocycles. The van der Waals surface area contributed by atoms with Gasteiger partial charge in [-0.2, -0.15) is 0 Å². The summed E-state index contributed by atoms with van der Waals surface area (Å²) in [5.41, 5.74) is 0.153. The normalized spacial score (nSPS) is 30.4. The molecule has 0 aromatic rings. The minimum absolute atomic E-state index is 0.150. The monoisotopic (exact) mass is 197 g/mol. The van der Waals surface area contributed by atoms with Crippen LogP contribution in [0.15, 0.2) is 0 Å². The van der Waals surface area contributed by atoms with Crippen LogP contribution in [0.25, 0.3) is 0 Å². The number of hydrogen-bond acceptors (Lipinski definition) is 2. The van der Waals surface area contributed by atoms with Gasteiger partial charge < -0.3 is 5.11 Å². The highest BCUT2D eigenvalue weighted by molar-refractivity contribution is 4.99. The molecule has 1 N–H and O–H groups in total. The van der Waals surface area contributed by atoms with Crippen LogP contribution in [-0.2, 0) is 0 Å². The zero-order valence-electron chi connectivity index (χ0n) is 9.34. The third-order valence-electron chi connectivity index (χ3n) is 4.23. The number of hydrogen-bond donors (Lipinski definition) is 1. The molecule has 1 heterocycles. The second-order valence-corrected chi connectivity index (χ2v) is 5.03. The van der Waals surface area contributed by atoms with Crippen molar-refractivity contribution in [2.75, 3.05) is 13.1 Å². The molecule has 82 valence electrons. The summed E-state index contributed by atoms with van der Waals surface area (Å²) in [6.45, 7) is 4.41. The van der Waals surface area contributed by atoms with Gasteiger partial charge in [-0.1, -0.05) is 19.3 Å². The molecule has 2 rings (SSSR count). The number of nitrogens with zero attached hydrogens (tertiary/aromatic N) is 1. The van der Waals surface area contributed by atoms with Gasteiger partial charge in [-0.15, -0.1) is 0 Å². The lowest BCUT2D eigenvalue weighted by Gasteiger charge is -2.45. The molecule has 0 amide bonds. The molecule has 1 unspecified atom stereocenters. The van der Waals surface area contributed by atoms with Gasteiger partial charge in [0.2, 0.25) is 0 Å². The molecular formula is C12H23NO. The number of piperidine rings is 1. The van der Waals surface area contributed by atoms with E-state index in [0.717, 1.165) is 0 Å². The molecule has 0 spiro atoms. The van der Waals surface area contributed by atoms with Crippen LogP contribution in [0.2, 0.25) is 0 Å². The van der Waals surface area contributed by atoms with E-state index in [1.54, 1.807) is 0 Å². The maximum Gasteiger partial charge on any atom is 0.0695 e. The zero-order valence-corrected chi connectivity index (χ0v) is 9.34. The Morgan fingerprint density at radius 2 is 1.57 bits per heavy atom. The summed E-state index contributed by atoms with van der Waals surface area (Å²) in [4.78, 5) is 2.58. The van der Waals surface area contributed by atoms with Crippen molar-refractivity contribution in [2.24, 2.45) is 0 Å². The Hall–Kier alpha value is -0.0800. The van der Waals surface area contributed by atoms with E-state index in [9.17, 15) is 5.11 Å². The van der Waals surface area contributed by atoms with Gasteiger partial charge in [0.15, 0.2) is 0 Å². The van der Waals surface area contributed by atoms with Crippen molar-refractivity contribution >= 4 is 0 Å². The smallest absolute Gasteiger partial charge is 0.0695 e. The number of aliphatic hydroxyl groups is 1. The molecule has 0 bridgehead atoms. The first-order chi connectivity index (χ1) is 6.76. The van der Waals surface area contributed by atoms with Gasteiger partial charge in [-0.05, 0) is 45.7 Å². The Labute approximate surface area is 87.3 Å². The molecule has 0 aromatic carbocycles. The van der Waals surface area contributed by atoms with Crippen molar-refractivity contribution in [1.29, 1.82) is 0 Å². The van der Waals surface area contributed by atoms with E-state index in [0.29, 0.717) is 0 Å². The Bertz CT molecular complexity index is 179. The average Bonchev–Trinajstić information content (AvgIpc) is 2.69. The molecule has 14 heavy (non-hydrogen) atoms. The van der Waals surface area contributed by atoms with Gasteiger partial charge in [0.25, 0.3) is 0 Å². The zero-order chi connectivity index (χ0) is 10.0. The van der Waals surface area contributed by atoms with Crippen molar-refractivity contribution in [3.05, 3.63) is 0 Å². The summed E-state index contributed by atoms with van der Waals surface area (Å²) < 4.78 is 0. The minimum atomic E-state index is -0.150. The number of rotatable bonds is 2. The van der Waals surface area contributed by atoms with Crippen LogP contribution in [0.1, 0.15) is 51.9 Å². The van der Waals surface area contributed by atoms with Crippen LogP contribution < -0.4 is 0 Å². The van der Waals surface area contributed by atoms with E-state index in [1.807, 2.05) is 6.92 Å². The fourth-order valence-electron chi connectivity index (χ4n) is 3.32. The standard InChI is InChI=1S/C12H23NO/c1-11(14)12(7-3-4-8-12)13-9-5-2-6-10-13/h11,14H,2-10H2,1H3. The lowest BCUT2D eigenvalue weighted by atomic mass is 9.87. The largest absolute Gasteiger partial charge is 0.391 e. The van der Waals surface area contributed by atoms with Crippen LogP contribution in [0.3, 0.4) is 0 Å². The van der Waals surface area contributed by atoms with Gasteiger partial charge >= 0.3 is 0 Å². The summed E-state index contributed by atoms with van der Waals surface area (Å²) in [7, 11) is 0. The van der Waals surface area contributed by atoms with Crippen molar-refractivity contribution in [3.8, 4) is 0 Å². The summed E-state index contributed by atoms with van der Waals surface area (Å²) >= 11 is 0. The molecule has 2 aliphatic rings. The van der Waals surface area contributed by atoms with Crippen LogP contribution in [-0.4, -0.2) is 34.7 Å². The van der Waals surface area contributed by atoms with Crippen LogP contribution in [0, 0.1) is 0 Å². The molecule has 1 saturated carbocycles. The first-order valence-electron chi connectivity index (χ1n) is 6.19. The van der Waals surface area contributed by atoms with E-state index >= 15 is 0 Å². The van der Waals surface area contributed by atoms with E-state index in [-0.39, 0.29) is 11.6 Å². The maximum atomic E-state index is 10.0. The highest BCUT2D eigenvalue weighted by atomic mass is 16.3. The highest BCUT2D eigenvalue weighted by Crippen LogP contribution is 2.39. The Balaban J connectivity index is 2.08. The Morgan fingerprint density at radius 1 is 1.00 bits per heavy atom. The second-order valence-electron chi connectivity index (χ2n) is 5.03. The predicted molar refractivity (Wildman–Crippen MR) is 58.3 cm³/mol. The molecule has 2 nitrogen and oxygen atoms in total. The van der Waals surface area contributed by atoms with E-state index in [2.05, 4.69) is 4.90 Å². The second kappa shape index (κ2) is 4.19. The first-order valence-corrected chi connectivity index (χ1v) is 6.19. The van der Waals surface area contributed by atoms with Crippen molar-refractivity contribution in [3.63, 3.8) is 0 Å². The summed E-state index contributed by atoms with van der Waals surface area (Å²) in [6, 6.07) is 0. The summed E-state index contributed by atoms with van der Waals surface area (Å²) in [6.07, 6.45) is 8.93. The van der Waals surface area contributed by atoms with E-state index in [1.165, 1.54) is 58.0 Å². The third-order valence-corrected chi connectivity index (χ3v) is 4.23. The van der Waals surface area contributed by atoms with E-state index in [4.69, 9.17) is 0 Å². The lowest BCUT2D eigenvalue weighted by molar-refractivity contribution is -0.0293. The molecule has 2 fully saturated rings. The average molecular weight is 197 g/mol. The topological polar surface area (TPSA) is 23.5 Å². The number of likely N-dealkylation sites (tertiary alicyclic amines) is 1. The molecule has 1 aliphatic carbocycles. The molecule has 2 heteroatoms. The van der Waals surface area contributed by atoms with Crippen LogP contribution >= 0.6 is 0 Å². The summed E-state index contributed by atoms with van der Waals surface area (Å²) in [5, 5.41) is 10.0. The minimum Gasteiger partial charge on any atom is -0.391 e. The fourth-order valence-corrected chi connectivity index (χ4v) is 3.32. The maximum absolute atomic E-state index is 10.0. The van der Waals surface area contributed by atoms with E-state index < -0.39 is 0 Å². The molecule has 0 radical (unpaired) electrons. The first kappa shape index (κ1) is 10.4. The van der Waals surface area contributed by atoms with Crippen LogP contribution in [0.4, 0.5) is 0 Å². The molecule has 1 aliphatic heterocycles. The van der Waals surface area contributed by atoms with Crippen molar-refractivity contribution in [2.45, 2.75) is 63.5 Å². The summed E-state index contributed by atoms with van der Waals surface area (Å²) in [5.74, 6) is 0. The SMILES string of the molecule is CC(O)C1(N2CCCCC2)CCCC1. The lowest BCUT2D eigenvalue weighted by Crippen LogP contribution is -2.55. The van der Waals surface area contributed by atoms with Gasteiger partial charge in [0.05, 0.1) is 6.10 Å². The molecular weight excluding hydrogens is 174 g/mol. The predicted octanol–water partition coefficient (Wildman–Crippen LogP) is 2.17. The van der Waals surface area contributed by atoms with Gasteiger partial charge in [0.1, 0.15) is 0 Å². The Kier molecular flexibility index (Phi) is 3.13. The fraction of sp³-hybridized carbons (Fsp3) is 1.00. The third kappa shape index (κ3) is 1.70. The molecule has 1 atom stereocenters. The Morgan fingerprint density at radius 3 is 2.07 bits per heavy atom. The number of aliphatic hydroxyl groups excluding tert-OH is 1. The quantitative estimate of drug-likeness (QED) is 0.733. The van der Waals surface area contributed by atoms with Gasteiger partial charge in [0, 0.05) is 5.54 Å². The van der Waals surface area contributed by atoms with Gasteiger partial charge in [-0.25, -0.2) is 0 Å². The molecule has 0 aromatic heterocycles. The van der Waals surface area contributed by atoms with Crippen molar-refractivity contribution < 1.29 is 5.11 Å².